The number of nitrogens with one attached hydrogen (secondary N) is 1. The minimum atomic E-state index is 0.201. The van der Waals surface area contributed by atoms with E-state index in [9.17, 15) is 4.79 Å². The topological polar surface area (TPSA) is 42.0 Å². The summed E-state index contributed by atoms with van der Waals surface area (Å²) in [6, 6.07) is 0.766. The fourth-order valence-corrected chi connectivity index (χ4v) is 0.866. The van der Waals surface area contributed by atoms with E-state index in [2.05, 4.69) is 16.1 Å². The lowest BCUT2D eigenvalue weighted by Gasteiger charge is -1.67. The molecule has 0 bridgehead atoms. The van der Waals surface area contributed by atoms with Crippen LogP contribution in [0.15, 0.2) is 0 Å². The van der Waals surface area contributed by atoms with Crippen molar-refractivity contribution in [1.29, 1.82) is 0 Å². The van der Waals surface area contributed by atoms with Gasteiger partial charge in [0.1, 0.15) is 0 Å². The van der Waals surface area contributed by atoms with Gasteiger partial charge in [0.25, 0.3) is 6.04 Å². The number of carbonyl (C=O) groups is 1. The highest BCUT2D eigenvalue weighted by molar-refractivity contribution is 5.67. The zero-order valence-corrected chi connectivity index (χ0v) is 5.08. The molecule has 0 spiro atoms. The van der Waals surface area contributed by atoms with Crippen LogP contribution in [0, 0.1) is 0 Å². The third-order valence-electron chi connectivity index (χ3n) is 1.66. The van der Waals surface area contributed by atoms with Gasteiger partial charge in [-0.1, -0.05) is 0 Å². The van der Waals surface area contributed by atoms with Gasteiger partial charge in [-0.2, -0.15) is 0 Å². The van der Waals surface area contributed by atoms with Gasteiger partial charge in [-0.25, -0.2) is 4.58 Å². The highest BCUT2D eigenvalue weighted by atomic mass is 16.1. The summed E-state index contributed by atoms with van der Waals surface area (Å²) in [4.78, 5) is 10.1. The number of carbonyl (C=O) groups excluding carboxylic acids is 1. The molecule has 2 unspecified atom stereocenters. The van der Waals surface area contributed by atoms with Crippen LogP contribution in [0.2, 0.25) is 0 Å². The lowest BCUT2D eigenvalue weighted by molar-refractivity contribution is -0.346. The quantitative estimate of drug-likeness (QED) is 0.281. The van der Waals surface area contributed by atoms with Crippen molar-refractivity contribution >= 4 is 12.5 Å². The molecule has 2 saturated heterocycles. The van der Waals surface area contributed by atoms with Crippen LogP contribution in [0.5, 0.6) is 0 Å². The lowest BCUT2D eigenvalue weighted by Crippen LogP contribution is -1.99. The molecule has 2 rings (SSSR count). The first-order valence-electron chi connectivity index (χ1n) is 3.19. The molecule has 3 heteroatoms. The van der Waals surface area contributed by atoms with Crippen LogP contribution in [0.3, 0.4) is 0 Å². The Bertz CT molecular complexity index is 172. The first-order valence-corrected chi connectivity index (χ1v) is 3.19. The molecular weight excluding hydrogens is 116 g/mol. The maximum Gasteiger partial charge on any atom is 0.265 e. The molecule has 2 fully saturated rings. The number of hydrogen-bond acceptors (Lipinski definition) is 2. The van der Waals surface area contributed by atoms with Gasteiger partial charge < -0.3 is 5.32 Å². The first kappa shape index (κ1) is 5.11. The van der Waals surface area contributed by atoms with E-state index in [4.69, 9.17) is 0 Å². The molecule has 0 aromatic heterocycles. The highest BCUT2D eigenvalue weighted by Crippen LogP contribution is 2.06. The molecule has 0 saturated carbocycles. The smallest absolute Gasteiger partial charge is 0.265 e. The average molecular weight is 125 g/mol. The number of rotatable bonds is 2. The minimum absolute atomic E-state index is 0.201. The van der Waals surface area contributed by atoms with E-state index < -0.39 is 0 Å². The van der Waals surface area contributed by atoms with Gasteiger partial charge in [-0.15, -0.1) is 0 Å². The molecule has 1 N–H and O–H groups in total. The van der Waals surface area contributed by atoms with Gasteiger partial charge in [0.05, 0.1) is 6.04 Å². The summed E-state index contributed by atoms with van der Waals surface area (Å²) in [6.45, 7) is 2.02. The van der Waals surface area contributed by atoms with Gasteiger partial charge >= 0.3 is 0 Å². The Hall–Kier alpha value is -0.700. The second-order valence-corrected chi connectivity index (χ2v) is 2.56. The van der Waals surface area contributed by atoms with Gasteiger partial charge in [0, 0.05) is 6.54 Å². The second kappa shape index (κ2) is 1.64. The maximum absolute atomic E-state index is 10.1. The van der Waals surface area contributed by atoms with E-state index in [0.29, 0.717) is 6.04 Å². The molecule has 2 heterocycles. The minimum Gasteiger partial charge on any atom is -0.302 e. The van der Waals surface area contributed by atoms with E-state index in [0.717, 1.165) is 19.4 Å². The Morgan fingerprint density at radius 3 is 2.89 bits per heavy atom. The van der Waals surface area contributed by atoms with Crippen LogP contribution in [-0.2, 0) is 4.79 Å². The summed E-state index contributed by atoms with van der Waals surface area (Å²) in [5.41, 5.74) is 0. The summed E-state index contributed by atoms with van der Waals surface area (Å²) < 4.78 is 2.05. The van der Waals surface area contributed by atoms with E-state index in [1.54, 1.807) is 0 Å². The summed E-state index contributed by atoms with van der Waals surface area (Å²) in [7, 11) is 0. The van der Waals surface area contributed by atoms with Crippen molar-refractivity contribution in [2.75, 3.05) is 13.1 Å². The van der Waals surface area contributed by atoms with E-state index >= 15 is 0 Å². The van der Waals surface area contributed by atoms with Crippen molar-refractivity contribution in [2.45, 2.75) is 12.1 Å². The standard InChI is InChI=1S/C6H9N2O/c9-4-6-3-8(6)2-5-1-7-5/h2,4-7H,1,3H2/q+1/b8-2+. The molecule has 2 aliphatic rings. The zero-order valence-electron chi connectivity index (χ0n) is 5.08. The van der Waals surface area contributed by atoms with Crippen LogP contribution in [0.1, 0.15) is 0 Å². The van der Waals surface area contributed by atoms with Crippen LogP contribution in [0.25, 0.3) is 0 Å². The third kappa shape index (κ3) is 1.00. The van der Waals surface area contributed by atoms with Crippen LogP contribution in [-0.4, -0.2) is 42.2 Å². The third-order valence-corrected chi connectivity index (χ3v) is 1.66. The molecule has 9 heavy (non-hydrogen) atoms. The SMILES string of the molecule is O=CC1C/[N+]1=C\C1CN1. The average Bonchev–Trinajstić information content (AvgIpc) is 2.66. The van der Waals surface area contributed by atoms with Gasteiger partial charge in [-0.05, 0) is 0 Å². The fraction of sp³-hybridized carbons (Fsp3) is 0.667. The number of nitrogens with zero attached hydrogens (tertiary/aromatic N) is 1. The summed E-state index contributed by atoms with van der Waals surface area (Å²) >= 11 is 0. The Balaban J connectivity index is 1.93. The largest absolute Gasteiger partial charge is 0.302 e. The molecule has 48 valence electrons. The number of aldehydes is 1. The normalized spacial score (nSPS) is 42.9. The summed E-state index contributed by atoms with van der Waals surface area (Å²) in [5, 5.41) is 3.14. The molecule has 0 aromatic rings. The van der Waals surface area contributed by atoms with Crippen molar-refractivity contribution in [1.82, 2.24) is 5.32 Å². The summed E-state index contributed by atoms with van der Waals surface area (Å²) in [6.07, 6.45) is 3.10. The monoisotopic (exact) mass is 125 g/mol. The van der Waals surface area contributed by atoms with Crippen molar-refractivity contribution in [3.63, 3.8) is 0 Å². The predicted molar refractivity (Wildman–Crippen MR) is 32.8 cm³/mol. The van der Waals surface area contributed by atoms with E-state index in [-0.39, 0.29) is 6.04 Å². The highest BCUT2D eigenvalue weighted by Gasteiger charge is 2.41. The molecular formula is C6H9N2O+. The Morgan fingerprint density at radius 1 is 1.67 bits per heavy atom. The molecule has 0 radical (unpaired) electrons. The van der Waals surface area contributed by atoms with Gasteiger partial charge in [-0.3, -0.25) is 4.79 Å². The molecule has 0 amide bonds. The summed E-state index contributed by atoms with van der Waals surface area (Å²) in [5.74, 6) is 0. The van der Waals surface area contributed by atoms with E-state index in [1.807, 2.05) is 0 Å². The molecule has 0 aliphatic carbocycles. The number of hydrogen-bond donors (Lipinski definition) is 1. The predicted octanol–water partition coefficient (Wildman–Crippen LogP) is -1.38. The molecule has 2 aliphatic heterocycles. The zero-order chi connectivity index (χ0) is 6.27. The van der Waals surface area contributed by atoms with Crippen molar-refractivity contribution in [2.24, 2.45) is 0 Å². The van der Waals surface area contributed by atoms with E-state index in [1.165, 1.54) is 0 Å². The van der Waals surface area contributed by atoms with Gasteiger partial charge in [0.15, 0.2) is 12.5 Å². The van der Waals surface area contributed by atoms with Crippen LogP contribution in [0.4, 0.5) is 0 Å². The Kier molecular flexibility index (Phi) is 0.931. The first-order chi connectivity index (χ1) is 4.40. The fourth-order valence-electron chi connectivity index (χ4n) is 0.866. The molecule has 0 aromatic carbocycles. The van der Waals surface area contributed by atoms with Crippen molar-refractivity contribution < 1.29 is 9.37 Å². The second-order valence-electron chi connectivity index (χ2n) is 2.56. The van der Waals surface area contributed by atoms with Crippen LogP contribution < -0.4 is 5.32 Å². The van der Waals surface area contributed by atoms with Gasteiger partial charge in [0.2, 0.25) is 6.54 Å². The van der Waals surface area contributed by atoms with Crippen LogP contribution >= 0.6 is 0 Å². The Labute approximate surface area is 53.4 Å². The van der Waals surface area contributed by atoms with Crippen molar-refractivity contribution in [3.05, 3.63) is 0 Å². The molecule has 3 nitrogen and oxygen atoms in total. The van der Waals surface area contributed by atoms with Crippen molar-refractivity contribution in [3.8, 4) is 0 Å². The molecule has 2 atom stereocenters. The maximum atomic E-state index is 10.1. The lowest BCUT2D eigenvalue weighted by atomic mass is 10.5. The Morgan fingerprint density at radius 2 is 2.44 bits per heavy atom.